The van der Waals surface area contributed by atoms with Gasteiger partial charge in [0, 0.05) is 12.0 Å². The van der Waals surface area contributed by atoms with Gasteiger partial charge in [-0.15, -0.1) is 0 Å². The van der Waals surface area contributed by atoms with Crippen molar-refractivity contribution >= 4 is 0 Å². The fourth-order valence-corrected chi connectivity index (χ4v) is 4.68. The Morgan fingerprint density at radius 3 is 1.83 bits per heavy atom. The first kappa shape index (κ1) is 14.3. The molecule has 3 N–H and O–H groups in total. The molecule has 2 aliphatic rings. The second-order valence-electron chi connectivity index (χ2n) is 7.35. The lowest BCUT2D eigenvalue weighted by atomic mass is 9.57. The Bertz CT molecular complexity index is 279. The van der Waals surface area contributed by atoms with Crippen molar-refractivity contribution in [3.63, 3.8) is 0 Å². The summed E-state index contributed by atoms with van der Waals surface area (Å²) in [4.78, 5) is 0. The van der Waals surface area contributed by atoms with Crippen LogP contribution in [0.15, 0.2) is 0 Å². The molecule has 1 unspecified atom stereocenters. The summed E-state index contributed by atoms with van der Waals surface area (Å²) in [6.07, 6.45) is 12.0. The summed E-state index contributed by atoms with van der Waals surface area (Å²) < 4.78 is 0. The molecule has 0 saturated heterocycles. The van der Waals surface area contributed by atoms with Gasteiger partial charge in [0.15, 0.2) is 0 Å². The maximum absolute atomic E-state index is 11.4. The summed E-state index contributed by atoms with van der Waals surface area (Å²) in [7, 11) is 0. The summed E-state index contributed by atoms with van der Waals surface area (Å²) in [6, 6.07) is 0. The normalized spacial score (nSPS) is 36.0. The number of aliphatic hydroxyl groups is 1. The molecule has 0 aromatic heterocycles. The van der Waals surface area contributed by atoms with Gasteiger partial charge in [0.1, 0.15) is 0 Å². The highest BCUT2D eigenvalue weighted by Crippen LogP contribution is 2.58. The quantitative estimate of drug-likeness (QED) is 0.789. The van der Waals surface area contributed by atoms with Gasteiger partial charge in [-0.25, -0.2) is 0 Å². The number of rotatable bonds is 2. The monoisotopic (exact) mass is 253 g/mol. The van der Waals surface area contributed by atoms with E-state index in [1.807, 2.05) is 0 Å². The fraction of sp³-hybridized carbons (Fsp3) is 1.00. The molecular weight excluding hydrogens is 222 g/mol. The van der Waals surface area contributed by atoms with Crippen LogP contribution in [-0.2, 0) is 0 Å². The number of hydrogen-bond donors (Lipinski definition) is 2. The molecule has 0 aliphatic heterocycles. The zero-order chi connectivity index (χ0) is 13.3. The second kappa shape index (κ2) is 5.13. The summed E-state index contributed by atoms with van der Waals surface area (Å²) in [6.45, 7) is 5.15. The van der Waals surface area contributed by atoms with Crippen LogP contribution in [0.4, 0.5) is 0 Å². The molecule has 0 spiro atoms. The molecule has 2 nitrogen and oxygen atoms in total. The van der Waals surface area contributed by atoms with Crippen LogP contribution in [0.1, 0.15) is 78.1 Å². The summed E-state index contributed by atoms with van der Waals surface area (Å²) >= 11 is 0. The molecule has 2 rings (SSSR count). The zero-order valence-electron chi connectivity index (χ0n) is 12.3. The summed E-state index contributed by atoms with van der Waals surface area (Å²) in [5.74, 6) is 0. The third-order valence-electron chi connectivity index (χ3n) is 6.04. The SMILES string of the molecule is CC1(C)CCCC1(O)C1(CN)CCCCCCC1. The van der Waals surface area contributed by atoms with Crippen molar-refractivity contribution in [1.82, 2.24) is 0 Å². The van der Waals surface area contributed by atoms with Crippen molar-refractivity contribution in [1.29, 1.82) is 0 Å². The predicted molar refractivity (Wildman–Crippen MR) is 76.4 cm³/mol. The Morgan fingerprint density at radius 1 is 0.833 bits per heavy atom. The van der Waals surface area contributed by atoms with Crippen LogP contribution in [0.5, 0.6) is 0 Å². The molecule has 1 atom stereocenters. The Kier molecular flexibility index (Phi) is 4.08. The summed E-state index contributed by atoms with van der Waals surface area (Å²) in [5.41, 5.74) is 5.66. The molecule has 0 aromatic carbocycles. The van der Waals surface area contributed by atoms with E-state index in [9.17, 15) is 5.11 Å². The minimum Gasteiger partial charge on any atom is -0.389 e. The van der Waals surface area contributed by atoms with E-state index in [1.54, 1.807) is 0 Å². The zero-order valence-corrected chi connectivity index (χ0v) is 12.3. The first-order valence-electron chi connectivity index (χ1n) is 7.90. The Balaban J connectivity index is 2.29. The molecule has 2 saturated carbocycles. The molecule has 2 fully saturated rings. The van der Waals surface area contributed by atoms with Gasteiger partial charge in [0.2, 0.25) is 0 Å². The van der Waals surface area contributed by atoms with Gasteiger partial charge in [-0.3, -0.25) is 0 Å². The lowest BCUT2D eigenvalue weighted by molar-refractivity contribution is -0.151. The number of hydrogen-bond acceptors (Lipinski definition) is 2. The van der Waals surface area contributed by atoms with Crippen molar-refractivity contribution in [2.75, 3.05) is 6.54 Å². The van der Waals surface area contributed by atoms with E-state index >= 15 is 0 Å². The van der Waals surface area contributed by atoms with E-state index in [0.29, 0.717) is 6.54 Å². The molecule has 0 bridgehead atoms. The van der Waals surface area contributed by atoms with E-state index in [-0.39, 0.29) is 10.8 Å². The molecule has 2 aliphatic carbocycles. The lowest BCUT2D eigenvalue weighted by Gasteiger charge is -2.53. The van der Waals surface area contributed by atoms with Gasteiger partial charge < -0.3 is 10.8 Å². The van der Waals surface area contributed by atoms with Gasteiger partial charge in [-0.1, -0.05) is 46.0 Å². The third kappa shape index (κ3) is 2.12. The van der Waals surface area contributed by atoms with Gasteiger partial charge in [0.25, 0.3) is 0 Å². The van der Waals surface area contributed by atoms with Gasteiger partial charge in [-0.2, -0.15) is 0 Å². The highest BCUT2D eigenvalue weighted by atomic mass is 16.3. The van der Waals surface area contributed by atoms with E-state index in [1.165, 1.54) is 32.1 Å². The lowest BCUT2D eigenvalue weighted by Crippen LogP contribution is -2.58. The molecule has 18 heavy (non-hydrogen) atoms. The van der Waals surface area contributed by atoms with Crippen molar-refractivity contribution in [2.45, 2.75) is 83.7 Å². The standard InChI is InChI=1S/C16H31NO/c1-14(2)9-8-12-16(14,18)15(13-17)10-6-4-3-5-7-11-15/h18H,3-13,17H2,1-2H3. The van der Waals surface area contributed by atoms with E-state index < -0.39 is 5.60 Å². The molecule has 0 radical (unpaired) electrons. The second-order valence-corrected chi connectivity index (χ2v) is 7.35. The van der Waals surface area contributed by atoms with Crippen LogP contribution in [0.25, 0.3) is 0 Å². The van der Waals surface area contributed by atoms with Crippen LogP contribution in [0.3, 0.4) is 0 Å². The highest BCUT2D eigenvalue weighted by molar-refractivity contribution is 5.10. The largest absolute Gasteiger partial charge is 0.389 e. The van der Waals surface area contributed by atoms with Gasteiger partial charge >= 0.3 is 0 Å². The van der Waals surface area contributed by atoms with Crippen LogP contribution < -0.4 is 5.73 Å². The van der Waals surface area contributed by atoms with Crippen LogP contribution in [0, 0.1) is 10.8 Å². The average Bonchev–Trinajstić information content (AvgIpc) is 2.55. The van der Waals surface area contributed by atoms with E-state index in [4.69, 9.17) is 5.73 Å². The van der Waals surface area contributed by atoms with Crippen molar-refractivity contribution < 1.29 is 5.11 Å². The van der Waals surface area contributed by atoms with Crippen molar-refractivity contribution in [3.05, 3.63) is 0 Å². The van der Waals surface area contributed by atoms with Crippen molar-refractivity contribution in [2.24, 2.45) is 16.6 Å². The Labute approximate surface area is 112 Å². The maximum atomic E-state index is 11.4. The fourth-order valence-electron chi connectivity index (χ4n) is 4.68. The highest BCUT2D eigenvalue weighted by Gasteiger charge is 2.59. The molecule has 0 amide bonds. The van der Waals surface area contributed by atoms with Gasteiger partial charge in [-0.05, 0) is 37.5 Å². The molecule has 2 heteroatoms. The maximum Gasteiger partial charge on any atom is 0.0766 e. The first-order chi connectivity index (χ1) is 8.47. The van der Waals surface area contributed by atoms with Crippen molar-refractivity contribution in [3.8, 4) is 0 Å². The first-order valence-corrected chi connectivity index (χ1v) is 7.90. The van der Waals surface area contributed by atoms with Crippen LogP contribution in [0.2, 0.25) is 0 Å². The van der Waals surface area contributed by atoms with E-state index in [2.05, 4.69) is 13.8 Å². The minimum atomic E-state index is -0.536. The average molecular weight is 253 g/mol. The van der Waals surface area contributed by atoms with Crippen LogP contribution >= 0.6 is 0 Å². The molecular formula is C16H31NO. The minimum absolute atomic E-state index is 0.0204. The van der Waals surface area contributed by atoms with Crippen LogP contribution in [-0.4, -0.2) is 17.3 Å². The number of nitrogens with two attached hydrogens (primary N) is 1. The summed E-state index contributed by atoms with van der Waals surface area (Å²) in [5, 5.41) is 11.4. The topological polar surface area (TPSA) is 46.2 Å². The smallest absolute Gasteiger partial charge is 0.0766 e. The molecule has 106 valence electrons. The predicted octanol–water partition coefficient (Wildman–Crippen LogP) is 3.62. The van der Waals surface area contributed by atoms with Gasteiger partial charge in [0.05, 0.1) is 5.60 Å². The third-order valence-corrected chi connectivity index (χ3v) is 6.04. The Morgan fingerprint density at radius 2 is 1.39 bits per heavy atom. The molecule has 0 aromatic rings. The Hall–Kier alpha value is -0.0800. The molecule has 0 heterocycles. The van der Waals surface area contributed by atoms with E-state index in [0.717, 1.165) is 32.1 Å².